The highest BCUT2D eigenvalue weighted by atomic mass is 35.5. The first-order chi connectivity index (χ1) is 38.2. The zero-order valence-electron chi connectivity index (χ0n) is 45.2. The molecular weight excluding hydrogens is 1040 g/mol. The van der Waals surface area contributed by atoms with E-state index in [1.807, 2.05) is 66.7 Å². The number of carbonyl (C=O) groups excluding carboxylic acids is 8. The minimum Gasteiger partial charge on any atom is -0.508 e. The Balaban J connectivity index is 1.18. The zero-order valence-corrected chi connectivity index (χ0v) is 46.0. The third-order valence-electron chi connectivity index (χ3n) is 13.7. The van der Waals surface area contributed by atoms with Crippen LogP contribution in [0.25, 0.3) is 21.7 Å². The lowest BCUT2D eigenvalue weighted by molar-refractivity contribution is -0.136. The maximum absolute atomic E-state index is 14.8. The number of phenols is 1. The molecule has 0 radical (unpaired) electrons. The number of phenolic OH excluding ortho intramolecular Hbond substituents is 1. The number of carbonyl (C=O) groups is 8. The van der Waals surface area contributed by atoms with Gasteiger partial charge in [-0.1, -0.05) is 110 Å². The van der Waals surface area contributed by atoms with Crippen molar-refractivity contribution in [3.63, 3.8) is 0 Å². The molecule has 424 valence electrons. The van der Waals surface area contributed by atoms with E-state index in [4.69, 9.17) is 28.8 Å². The van der Waals surface area contributed by atoms with E-state index in [9.17, 15) is 43.5 Å². The van der Waals surface area contributed by atoms with E-state index < -0.39 is 102 Å². The van der Waals surface area contributed by atoms with Gasteiger partial charge in [0, 0.05) is 41.4 Å². The molecule has 0 saturated heterocycles. The van der Waals surface area contributed by atoms with Gasteiger partial charge >= 0.3 is 0 Å². The van der Waals surface area contributed by atoms with Crippen LogP contribution in [-0.2, 0) is 64.0 Å². The molecule has 80 heavy (non-hydrogen) atoms. The van der Waals surface area contributed by atoms with Crippen LogP contribution in [0.5, 0.6) is 5.75 Å². The number of benzene rings is 5. The molecule has 20 nitrogen and oxygen atoms in total. The van der Waals surface area contributed by atoms with Gasteiger partial charge in [0.15, 0.2) is 0 Å². The Labute approximate surface area is 469 Å². The summed E-state index contributed by atoms with van der Waals surface area (Å²) in [5, 5.41) is 32.3. The van der Waals surface area contributed by atoms with Gasteiger partial charge in [-0.05, 0) is 115 Å². The molecule has 0 saturated carbocycles. The topological polar surface area (TPSA) is 335 Å². The van der Waals surface area contributed by atoms with Crippen LogP contribution in [0.3, 0.4) is 0 Å². The van der Waals surface area contributed by atoms with Gasteiger partial charge in [0.05, 0.1) is 6.04 Å². The van der Waals surface area contributed by atoms with E-state index in [2.05, 4.69) is 42.2 Å². The van der Waals surface area contributed by atoms with Gasteiger partial charge < -0.3 is 64.5 Å². The monoisotopic (exact) mass is 1110 g/mol. The predicted octanol–water partition coefficient (Wildman–Crippen LogP) is 2.98. The lowest BCUT2D eigenvalue weighted by Gasteiger charge is -2.28. The molecule has 0 aliphatic carbocycles. The summed E-state index contributed by atoms with van der Waals surface area (Å²) >= 11 is 6.01. The largest absolute Gasteiger partial charge is 0.508 e. The van der Waals surface area contributed by atoms with Crippen molar-refractivity contribution in [1.82, 2.24) is 42.2 Å². The summed E-state index contributed by atoms with van der Waals surface area (Å²) in [6.45, 7) is 6.53. The molecule has 0 spiro atoms. The molecule has 21 heteroatoms. The van der Waals surface area contributed by atoms with Crippen molar-refractivity contribution < 1.29 is 43.5 Å². The number of primary amides is 1. The quantitative estimate of drug-likeness (QED) is 0.0317. The Kier molecular flexibility index (Phi) is 22.1. The van der Waals surface area contributed by atoms with Crippen molar-refractivity contribution in [3.05, 3.63) is 149 Å². The first kappa shape index (κ1) is 60.9. The van der Waals surface area contributed by atoms with Crippen molar-refractivity contribution in [1.29, 1.82) is 0 Å². The molecule has 0 unspecified atom stereocenters. The molecule has 0 bridgehead atoms. The summed E-state index contributed by atoms with van der Waals surface area (Å²) in [6.07, 6.45) is 2.68. The molecule has 6 rings (SSSR count). The van der Waals surface area contributed by atoms with Crippen LogP contribution in [-0.4, -0.2) is 112 Å². The van der Waals surface area contributed by atoms with Crippen molar-refractivity contribution in [2.75, 3.05) is 6.54 Å². The number of aromatic nitrogens is 1. The number of rotatable bonds is 28. The fraction of sp³-hybridized carbons (Fsp3) is 0.356. The second-order valence-corrected chi connectivity index (χ2v) is 20.8. The number of fused-ring (bicyclic) bond motifs is 2. The zero-order chi connectivity index (χ0) is 58.0. The third-order valence-corrected chi connectivity index (χ3v) is 13.9. The van der Waals surface area contributed by atoms with Gasteiger partial charge in [0.1, 0.15) is 48.0 Å². The van der Waals surface area contributed by atoms with Crippen LogP contribution in [0.2, 0.25) is 5.02 Å². The highest BCUT2D eigenvalue weighted by Crippen LogP contribution is 2.21. The summed E-state index contributed by atoms with van der Waals surface area (Å²) in [7, 11) is 0. The molecular formula is C59H72ClN11O9. The third kappa shape index (κ3) is 17.6. The number of hydrogen-bond acceptors (Lipinski definition) is 11. The van der Waals surface area contributed by atoms with Crippen LogP contribution < -0.4 is 54.4 Å². The number of aromatic hydroxyl groups is 1. The molecule has 0 aliphatic heterocycles. The van der Waals surface area contributed by atoms with E-state index in [0.717, 1.165) is 32.8 Å². The first-order valence-electron chi connectivity index (χ1n) is 26.6. The van der Waals surface area contributed by atoms with Crippen molar-refractivity contribution in [2.24, 2.45) is 23.1 Å². The number of nitrogens with one attached hydrogen (secondary N) is 8. The standard InChI is InChI=1S/C59H72ClN11O9/c1-33(2)51(59(80)66-35(4)53(74)68-48(52(63)73)30-38-16-21-39-11-5-6-12-40(39)27-38)71-56(77)47(15-9-10-26-61)67-58(79)50(31-41-32-64-46-14-8-7-13-44(41)46)70-57(78)49(29-37-19-24-43(72)25-20-37)69-54(75)34(3)65-55(76)45(62)28-36-17-22-42(60)23-18-36/h5-8,11-14,16-25,27,32-35,45,47-51,64,72H,9-10,15,26,28-31,61-62H2,1-4H3,(H2,63,73)(H,65,76)(H,66,80)(H,67,79)(H,68,74)(H,69,75)(H,70,78)(H,71,77)/t34-,35-,45+,47-,48-,49-,50+,51-/m0/s1. The summed E-state index contributed by atoms with van der Waals surface area (Å²) < 4.78 is 0. The molecule has 1 aromatic heterocycles. The van der Waals surface area contributed by atoms with E-state index in [1.165, 1.54) is 26.0 Å². The number of hydrogen-bond donors (Lipinski definition) is 12. The Morgan fingerprint density at radius 3 is 1.71 bits per heavy atom. The highest BCUT2D eigenvalue weighted by molar-refractivity contribution is 6.30. The predicted molar refractivity (Wildman–Crippen MR) is 306 cm³/mol. The number of halogens is 1. The van der Waals surface area contributed by atoms with Gasteiger partial charge in [-0.2, -0.15) is 0 Å². The maximum Gasteiger partial charge on any atom is 0.243 e. The second kappa shape index (κ2) is 29.0. The van der Waals surface area contributed by atoms with Crippen LogP contribution in [0.15, 0.2) is 121 Å². The fourth-order valence-electron chi connectivity index (χ4n) is 9.04. The molecule has 0 aliphatic rings. The Hall–Kier alpha value is -8.33. The van der Waals surface area contributed by atoms with E-state index >= 15 is 0 Å². The normalized spacial score (nSPS) is 14.3. The number of unbranched alkanes of at least 4 members (excludes halogenated alkanes) is 1. The van der Waals surface area contributed by atoms with E-state index in [1.54, 1.807) is 56.4 Å². The molecule has 1 heterocycles. The minimum atomic E-state index is -1.37. The number of aromatic amines is 1. The summed E-state index contributed by atoms with van der Waals surface area (Å²) in [4.78, 5) is 114. The van der Waals surface area contributed by atoms with Crippen LogP contribution >= 0.6 is 11.6 Å². The second-order valence-electron chi connectivity index (χ2n) is 20.4. The number of amides is 8. The molecule has 5 aromatic carbocycles. The maximum atomic E-state index is 14.8. The van der Waals surface area contributed by atoms with Gasteiger partial charge in [-0.25, -0.2) is 0 Å². The Bertz CT molecular complexity index is 3130. The highest BCUT2D eigenvalue weighted by Gasteiger charge is 2.35. The van der Waals surface area contributed by atoms with Crippen LogP contribution in [0.4, 0.5) is 0 Å². The molecule has 8 amide bonds. The van der Waals surface area contributed by atoms with Crippen LogP contribution in [0.1, 0.15) is 69.2 Å². The van der Waals surface area contributed by atoms with Crippen LogP contribution in [0, 0.1) is 5.92 Å². The Morgan fingerprint density at radius 2 is 1.06 bits per heavy atom. The number of H-pyrrole nitrogens is 1. The number of para-hydroxylation sites is 1. The molecule has 15 N–H and O–H groups in total. The van der Waals surface area contributed by atoms with Gasteiger partial charge in [0.25, 0.3) is 0 Å². The van der Waals surface area contributed by atoms with Crippen molar-refractivity contribution in [3.8, 4) is 5.75 Å². The summed E-state index contributed by atoms with van der Waals surface area (Å²) in [5.74, 6) is -6.40. The van der Waals surface area contributed by atoms with Gasteiger partial charge in [-0.3, -0.25) is 38.4 Å². The molecule has 0 fully saturated rings. The average Bonchev–Trinajstić information content (AvgIpc) is 3.85. The lowest BCUT2D eigenvalue weighted by Crippen LogP contribution is -2.61. The smallest absolute Gasteiger partial charge is 0.243 e. The van der Waals surface area contributed by atoms with E-state index in [0.29, 0.717) is 29.0 Å². The average molecular weight is 1110 g/mol. The van der Waals surface area contributed by atoms with Gasteiger partial charge in [-0.15, -0.1) is 0 Å². The summed E-state index contributed by atoms with van der Waals surface area (Å²) in [5.41, 5.74) is 21.2. The SMILES string of the molecule is CC(C)[C@H](NC(=O)[C@H](CCCCN)NC(=O)[C@@H](Cc1c[nH]c2ccccc12)NC(=O)[C@H](Cc1ccc(O)cc1)NC(=O)[C@H](C)NC(=O)[C@H](N)Cc1ccc(Cl)cc1)C(=O)N[C@@H](C)C(=O)N[C@@H](Cc1ccc2ccccc2c1)C(N)=O. The molecule has 6 aromatic rings. The number of nitrogens with two attached hydrogens (primary N) is 3. The van der Waals surface area contributed by atoms with Crippen molar-refractivity contribution >= 4 is 80.5 Å². The summed E-state index contributed by atoms with van der Waals surface area (Å²) in [6, 6.07) is 23.8. The fourth-order valence-corrected chi connectivity index (χ4v) is 9.17. The van der Waals surface area contributed by atoms with Crippen molar-refractivity contribution in [2.45, 2.75) is 121 Å². The van der Waals surface area contributed by atoms with E-state index in [-0.39, 0.29) is 44.4 Å². The van der Waals surface area contributed by atoms with Gasteiger partial charge in [0.2, 0.25) is 47.3 Å². The lowest BCUT2D eigenvalue weighted by atomic mass is 9.99. The first-order valence-corrected chi connectivity index (χ1v) is 27.0. The minimum absolute atomic E-state index is 0.0353. The molecule has 8 atom stereocenters. The Morgan fingerprint density at radius 1 is 0.537 bits per heavy atom.